The Morgan fingerprint density at radius 1 is 1.05 bits per heavy atom. The molecule has 15 nitrogen and oxygen atoms in total. The molecule has 2 aliphatic carbocycles. The number of sulfonamides is 1. The van der Waals surface area contributed by atoms with E-state index < -0.39 is 98.5 Å². The number of hydrogen-bond donors (Lipinski definition) is 2. The van der Waals surface area contributed by atoms with Crippen molar-refractivity contribution >= 4 is 61.1 Å². The molecule has 5 heterocycles. The molecular weight excluding hydrogens is 882 g/mol. The number of benzene rings is 2. The summed E-state index contributed by atoms with van der Waals surface area (Å²) >= 11 is 6.65. The number of rotatable bonds is 11. The van der Waals surface area contributed by atoms with Gasteiger partial charge in [0, 0.05) is 37.7 Å². The van der Waals surface area contributed by atoms with Gasteiger partial charge in [0.2, 0.25) is 15.9 Å². The van der Waals surface area contributed by atoms with Crippen LogP contribution in [0.3, 0.4) is 0 Å². The number of alkyl halides is 4. The summed E-state index contributed by atoms with van der Waals surface area (Å²) in [5, 5.41) is 8.11. The molecule has 1 amide bonds. The van der Waals surface area contributed by atoms with Crippen LogP contribution < -0.4 is 20.9 Å². The number of halogens is 7. The largest absolute Gasteiger partial charge is 0.372 e. The first-order chi connectivity index (χ1) is 29.6. The number of aryl methyl sites for hydroxylation is 1. The van der Waals surface area contributed by atoms with Crippen LogP contribution in [0.25, 0.3) is 27.6 Å². The minimum absolute atomic E-state index is 0.00427. The fourth-order valence-electron chi connectivity index (χ4n) is 9.31. The lowest BCUT2D eigenvalue weighted by Gasteiger charge is -2.36. The van der Waals surface area contributed by atoms with Crippen LogP contribution in [0.5, 0.6) is 0 Å². The molecule has 2 aromatic carbocycles. The van der Waals surface area contributed by atoms with E-state index in [0.717, 1.165) is 23.0 Å². The molecule has 3 aliphatic rings. The third-order valence-electron chi connectivity index (χ3n) is 11.7. The number of hydrogen-bond acceptors (Lipinski definition) is 10. The number of pyridine rings is 1. The third-order valence-corrected chi connectivity index (χ3v) is 12.6. The number of fused-ring (bicyclic) bond motifs is 5. The number of aromatic nitrogens is 7. The second-order valence-corrected chi connectivity index (χ2v) is 18.5. The van der Waals surface area contributed by atoms with Crippen LogP contribution in [0.4, 0.5) is 38.0 Å². The van der Waals surface area contributed by atoms with Crippen molar-refractivity contribution in [2.24, 2.45) is 18.7 Å². The monoisotopic (exact) mass is 918 g/mol. The average Bonchev–Trinajstić information content (AvgIpc) is 3.71. The maximum Gasteiger partial charge on any atom is 0.293 e. The van der Waals surface area contributed by atoms with Gasteiger partial charge in [-0.1, -0.05) is 11.6 Å². The van der Waals surface area contributed by atoms with E-state index in [-0.39, 0.29) is 62.7 Å². The lowest BCUT2D eigenvalue weighted by Crippen LogP contribution is -2.45. The molecule has 1 aliphatic heterocycles. The van der Waals surface area contributed by atoms with Crippen molar-refractivity contribution in [3.8, 4) is 5.69 Å². The fourth-order valence-corrected chi connectivity index (χ4v) is 10.0. The molecule has 1 unspecified atom stereocenters. The third kappa shape index (κ3) is 7.24. The highest BCUT2D eigenvalue weighted by molar-refractivity contribution is 7.92. The quantitative estimate of drug-likeness (QED) is 0.147. The summed E-state index contributed by atoms with van der Waals surface area (Å²) in [5.74, 6) is -11.7. The van der Waals surface area contributed by atoms with Crippen LogP contribution in [-0.4, -0.2) is 80.0 Å². The Morgan fingerprint density at radius 2 is 1.73 bits per heavy atom. The Morgan fingerprint density at radius 3 is 2.37 bits per heavy atom. The van der Waals surface area contributed by atoms with Crippen molar-refractivity contribution in [3.05, 3.63) is 97.8 Å². The van der Waals surface area contributed by atoms with Crippen molar-refractivity contribution in [2.45, 2.75) is 69.1 Å². The molecule has 332 valence electrons. The van der Waals surface area contributed by atoms with Crippen LogP contribution in [0.15, 0.2) is 47.3 Å². The van der Waals surface area contributed by atoms with Gasteiger partial charge in [-0.05, 0) is 74.6 Å². The van der Waals surface area contributed by atoms with Crippen molar-refractivity contribution in [2.75, 3.05) is 29.0 Å². The van der Waals surface area contributed by atoms with E-state index in [0.29, 0.717) is 29.7 Å². The van der Waals surface area contributed by atoms with Gasteiger partial charge in [0.15, 0.2) is 11.5 Å². The molecule has 4 aromatic heterocycles. The Kier molecular flexibility index (Phi) is 10.1. The summed E-state index contributed by atoms with van der Waals surface area (Å²) in [6.45, 7) is 4.52. The highest BCUT2D eigenvalue weighted by Gasteiger charge is 2.68. The molecule has 0 radical (unpaired) electrons. The normalized spacial score (nSPS) is 21.5. The smallest absolute Gasteiger partial charge is 0.293 e. The molecule has 23 heteroatoms. The average molecular weight is 919 g/mol. The Bertz CT molecular complexity index is 3040. The number of primary amides is 1. The van der Waals surface area contributed by atoms with Crippen molar-refractivity contribution in [3.63, 3.8) is 0 Å². The Balaban J connectivity index is 1.38. The van der Waals surface area contributed by atoms with E-state index in [1.807, 2.05) is 18.7 Å². The van der Waals surface area contributed by atoms with Crippen molar-refractivity contribution in [1.82, 2.24) is 34.1 Å². The van der Waals surface area contributed by atoms with E-state index in [4.69, 9.17) is 32.0 Å². The van der Waals surface area contributed by atoms with Gasteiger partial charge in [-0.15, -0.1) is 0 Å². The standard InChI is InChI=1S/C40H37ClF6N10O5S/c1-16-14-55(15-17(2)62-16)27-8-5-21-36(49-27)50-38(56(39(21)59)26-7-6-25(41)29-32(26)54(3)52-37(29)53-63(4,60)61)23(11-18-9-19(42)12-20(43)10-18)31(35(48)58)57-33-28(30(51-57)34(44)45)22-13-24(22)40(33,46)47/h5-10,12,16-17,22-24,31,34H,11,13-15H2,1-4H3,(H2,48,58)(H,52,53)/t16-,17+,22-,23-,24+,31?/m0/s1. The van der Waals surface area contributed by atoms with E-state index in [9.17, 15) is 30.8 Å². The molecule has 3 N–H and O–H groups in total. The predicted molar refractivity (Wildman–Crippen MR) is 218 cm³/mol. The van der Waals surface area contributed by atoms with Gasteiger partial charge < -0.3 is 15.4 Å². The lowest BCUT2D eigenvalue weighted by molar-refractivity contribution is -0.122. The number of carbonyl (C=O) groups is 1. The zero-order chi connectivity index (χ0) is 45.2. The number of morpholine rings is 1. The SMILES string of the molecule is C[C@@H]1CN(c2ccc3c(=O)n(-c4ccc(Cl)c5c(NS(C)(=O)=O)nn(C)c45)c([C@@H](Cc4cc(F)cc(F)c4)C(C(N)=O)n4nc(C(F)F)c5c4C(F)(F)[C@@H]4C[C@H]54)nc3n2)C[C@H](C)O1. The molecule has 63 heavy (non-hydrogen) atoms. The number of amides is 1. The van der Waals surface area contributed by atoms with Crippen molar-refractivity contribution in [1.29, 1.82) is 0 Å². The zero-order valence-electron chi connectivity index (χ0n) is 33.7. The number of ether oxygens (including phenoxy) is 1. The van der Waals surface area contributed by atoms with Gasteiger partial charge in [-0.25, -0.2) is 40.6 Å². The topological polar surface area (TPSA) is 185 Å². The van der Waals surface area contributed by atoms with Gasteiger partial charge in [0.25, 0.3) is 17.9 Å². The minimum atomic E-state index is -3.96. The van der Waals surface area contributed by atoms with E-state index in [1.54, 1.807) is 6.07 Å². The van der Waals surface area contributed by atoms with Crippen LogP contribution in [0, 0.1) is 17.6 Å². The summed E-state index contributed by atoms with van der Waals surface area (Å²) in [4.78, 5) is 40.7. The van der Waals surface area contributed by atoms with Crippen LogP contribution in [-0.2, 0) is 38.9 Å². The maximum atomic E-state index is 16.3. The maximum absolute atomic E-state index is 16.3. The number of nitrogens with one attached hydrogen (secondary N) is 1. The summed E-state index contributed by atoms with van der Waals surface area (Å²) in [7, 11) is -2.55. The first kappa shape index (κ1) is 42.6. The van der Waals surface area contributed by atoms with E-state index >= 15 is 13.6 Å². The molecule has 1 saturated heterocycles. The molecule has 1 saturated carbocycles. The van der Waals surface area contributed by atoms with E-state index in [1.165, 1.54) is 29.9 Å². The Labute approximate surface area is 358 Å². The molecule has 0 bridgehead atoms. The van der Waals surface area contributed by atoms with E-state index in [2.05, 4.69) is 14.9 Å². The van der Waals surface area contributed by atoms with Crippen LogP contribution in [0.1, 0.15) is 72.9 Å². The first-order valence-corrected chi connectivity index (χ1v) is 21.9. The number of nitrogens with zero attached hydrogens (tertiary/aromatic N) is 8. The van der Waals surface area contributed by atoms with Gasteiger partial charge in [0.1, 0.15) is 40.7 Å². The lowest BCUT2D eigenvalue weighted by atomic mass is 9.89. The second-order valence-electron chi connectivity index (χ2n) is 16.4. The molecule has 6 aromatic rings. The molecular formula is C40H37ClF6N10O5S. The first-order valence-electron chi connectivity index (χ1n) is 19.6. The van der Waals surface area contributed by atoms with Crippen molar-refractivity contribution < 1.29 is 44.3 Å². The number of carbonyl (C=O) groups excluding carboxylic acids is 1. The van der Waals surface area contributed by atoms with Crippen LogP contribution in [0.2, 0.25) is 5.02 Å². The fraction of sp³-hybridized carbons (Fsp3) is 0.400. The summed E-state index contributed by atoms with van der Waals surface area (Å²) in [6.07, 6.45) is -3.69. The highest BCUT2D eigenvalue weighted by Crippen LogP contribution is 2.68. The zero-order valence-corrected chi connectivity index (χ0v) is 35.2. The van der Waals surface area contributed by atoms with Gasteiger partial charge in [-0.2, -0.15) is 19.0 Å². The Hall–Kier alpha value is -5.74. The number of nitrogens with two attached hydrogens (primary N) is 1. The molecule has 2 fully saturated rings. The molecule has 6 atom stereocenters. The minimum Gasteiger partial charge on any atom is -0.372 e. The van der Waals surface area contributed by atoms with Gasteiger partial charge >= 0.3 is 0 Å². The molecule has 9 rings (SSSR count). The second kappa shape index (κ2) is 14.9. The summed E-state index contributed by atoms with van der Waals surface area (Å²) in [5.41, 5.74) is 2.39. The summed E-state index contributed by atoms with van der Waals surface area (Å²) in [6, 6.07) is 5.93. The predicted octanol–water partition coefficient (Wildman–Crippen LogP) is 5.98. The van der Waals surface area contributed by atoms with Gasteiger partial charge in [-0.3, -0.25) is 23.6 Å². The molecule has 0 spiro atoms. The number of anilines is 2. The van der Waals surface area contributed by atoms with Crippen LogP contribution >= 0.6 is 11.6 Å². The highest BCUT2D eigenvalue weighted by atomic mass is 35.5. The summed E-state index contributed by atoms with van der Waals surface area (Å²) < 4.78 is 128. The van der Waals surface area contributed by atoms with Gasteiger partial charge in [0.05, 0.1) is 51.4 Å².